The van der Waals surface area contributed by atoms with Gasteiger partial charge >= 0.3 is 5.97 Å². The zero-order chi connectivity index (χ0) is 14.2. The third-order valence-corrected chi connectivity index (χ3v) is 3.47. The van der Waals surface area contributed by atoms with Crippen molar-refractivity contribution in [1.82, 2.24) is 14.7 Å². The molecule has 2 rings (SSSR count). The molecule has 1 saturated heterocycles. The molecule has 1 aliphatic rings. The Kier molecular flexibility index (Phi) is 3.37. The molecule has 1 atom stereocenters. The summed E-state index contributed by atoms with van der Waals surface area (Å²) in [5, 5.41) is 12.7. The summed E-state index contributed by atoms with van der Waals surface area (Å²) < 4.78 is 1.10. The Morgan fingerprint density at radius 1 is 1.42 bits per heavy atom. The molecule has 2 heterocycles. The van der Waals surface area contributed by atoms with Gasteiger partial charge in [0.1, 0.15) is 5.69 Å². The Morgan fingerprint density at radius 3 is 2.58 bits per heavy atom. The lowest BCUT2D eigenvalue weighted by Crippen LogP contribution is -2.53. The van der Waals surface area contributed by atoms with Crippen LogP contribution in [0.5, 0.6) is 0 Å². The van der Waals surface area contributed by atoms with Gasteiger partial charge < -0.3 is 10.0 Å². The van der Waals surface area contributed by atoms with Crippen LogP contribution in [0.15, 0.2) is 16.9 Å². The predicted octanol–water partition coefficient (Wildman–Crippen LogP) is -0.427. The Labute approximate surface area is 109 Å². The van der Waals surface area contributed by atoms with Gasteiger partial charge in [-0.3, -0.25) is 14.4 Å². The largest absolute Gasteiger partial charge is 0.481 e. The predicted molar refractivity (Wildman–Crippen MR) is 65.7 cm³/mol. The van der Waals surface area contributed by atoms with Crippen LogP contribution < -0.4 is 5.56 Å². The quantitative estimate of drug-likeness (QED) is 0.800. The van der Waals surface area contributed by atoms with Gasteiger partial charge in [0.2, 0.25) is 0 Å². The standard InChI is InChI=1S/C12H15N3O4/c1-7(12(18)19)8-5-15(6-8)11(17)9-3-4-10(16)14(2)13-9/h3-4,7-8H,5-6H2,1-2H3,(H,18,19). The highest BCUT2D eigenvalue weighted by Crippen LogP contribution is 2.25. The molecule has 0 radical (unpaired) electrons. The van der Waals surface area contributed by atoms with Crippen LogP contribution in [0.25, 0.3) is 0 Å². The number of hydrogen-bond acceptors (Lipinski definition) is 4. The number of hydrogen-bond donors (Lipinski definition) is 1. The van der Waals surface area contributed by atoms with E-state index in [1.165, 1.54) is 24.1 Å². The van der Waals surface area contributed by atoms with Gasteiger partial charge in [-0.05, 0) is 6.07 Å². The first-order valence-electron chi connectivity index (χ1n) is 5.96. The number of nitrogens with zero attached hydrogens (tertiary/aromatic N) is 3. The highest BCUT2D eigenvalue weighted by Gasteiger charge is 2.37. The number of rotatable bonds is 3. The SMILES string of the molecule is CC(C(=O)O)C1CN(C(=O)c2ccc(=O)n(C)n2)C1. The lowest BCUT2D eigenvalue weighted by Gasteiger charge is -2.40. The van der Waals surface area contributed by atoms with Crippen LogP contribution in [-0.4, -0.2) is 44.8 Å². The first-order valence-corrected chi connectivity index (χ1v) is 5.96. The molecule has 0 aromatic carbocycles. The van der Waals surface area contributed by atoms with Gasteiger partial charge in [-0.1, -0.05) is 6.92 Å². The number of carboxylic acids is 1. The number of carbonyl (C=O) groups is 2. The Hall–Kier alpha value is -2.18. The molecule has 7 heteroatoms. The third-order valence-electron chi connectivity index (χ3n) is 3.47. The fourth-order valence-electron chi connectivity index (χ4n) is 1.97. The van der Waals surface area contributed by atoms with Crippen LogP contribution >= 0.6 is 0 Å². The monoisotopic (exact) mass is 265 g/mol. The minimum atomic E-state index is -0.850. The van der Waals surface area contributed by atoms with E-state index >= 15 is 0 Å². The summed E-state index contributed by atoms with van der Waals surface area (Å²) in [6.45, 7) is 2.47. The van der Waals surface area contributed by atoms with Gasteiger partial charge in [0.15, 0.2) is 0 Å². The highest BCUT2D eigenvalue weighted by atomic mass is 16.4. The molecule has 1 aliphatic heterocycles. The highest BCUT2D eigenvalue weighted by molar-refractivity contribution is 5.92. The van der Waals surface area contributed by atoms with Gasteiger partial charge in [-0.15, -0.1) is 0 Å². The van der Waals surface area contributed by atoms with Crippen LogP contribution in [0.4, 0.5) is 0 Å². The smallest absolute Gasteiger partial charge is 0.306 e. The summed E-state index contributed by atoms with van der Waals surface area (Å²) in [6.07, 6.45) is 0. The third kappa shape index (κ3) is 2.49. The minimum absolute atomic E-state index is 0.0195. The lowest BCUT2D eigenvalue weighted by atomic mass is 9.87. The molecule has 102 valence electrons. The number of aliphatic carboxylic acids is 1. The number of likely N-dealkylation sites (tertiary alicyclic amines) is 1. The Bertz CT molecular complexity index is 575. The molecule has 1 aromatic rings. The maximum Gasteiger partial charge on any atom is 0.306 e. The van der Waals surface area contributed by atoms with Gasteiger partial charge in [-0.25, -0.2) is 4.68 Å². The number of carboxylic acid groups (broad SMARTS) is 1. The topological polar surface area (TPSA) is 92.5 Å². The van der Waals surface area contributed by atoms with E-state index in [9.17, 15) is 14.4 Å². The zero-order valence-electron chi connectivity index (χ0n) is 10.7. The van der Waals surface area contributed by atoms with Crippen molar-refractivity contribution < 1.29 is 14.7 Å². The van der Waals surface area contributed by atoms with Gasteiger partial charge in [-0.2, -0.15) is 5.10 Å². The van der Waals surface area contributed by atoms with E-state index < -0.39 is 11.9 Å². The molecule has 19 heavy (non-hydrogen) atoms. The summed E-state index contributed by atoms with van der Waals surface area (Å²) >= 11 is 0. The molecule has 0 bridgehead atoms. The summed E-state index contributed by atoms with van der Waals surface area (Å²) in [5.41, 5.74) is -0.0823. The maximum atomic E-state index is 12.0. The molecule has 0 spiro atoms. The van der Waals surface area contributed by atoms with Crippen molar-refractivity contribution in [3.05, 3.63) is 28.2 Å². The normalized spacial score (nSPS) is 16.8. The molecule has 0 aliphatic carbocycles. The molecule has 7 nitrogen and oxygen atoms in total. The van der Waals surface area contributed by atoms with Crippen LogP contribution in [0.2, 0.25) is 0 Å². The van der Waals surface area contributed by atoms with Crippen LogP contribution in [0, 0.1) is 11.8 Å². The maximum absolute atomic E-state index is 12.0. The van der Waals surface area contributed by atoms with E-state index in [0.29, 0.717) is 13.1 Å². The average Bonchev–Trinajstić information content (AvgIpc) is 2.30. The molecule has 1 fully saturated rings. The Balaban J connectivity index is 2.02. The van der Waals surface area contributed by atoms with Crippen molar-refractivity contribution in [2.45, 2.75) is 6.92 Å². The molecule has 0 saturated carbocycles. The Morgan fingerprint density at radius 2 is 2.05 bits per heavy atom. The van der Waals surface area contributed by atoms with Crippen LogP contribution in [0.1, 0.15) is 17.4 Å². The molecule has 1 N–H and O–H groups in total. The number of carbonyl (C=O) groups excluding carboxylic acids is 1. The molecule has 1 amide bonds. The lowest BCUT2D eigenvalue weighted by molar-refractivity contribution is -0.144. The van der Waals surface area contributed by atoms with Crippen molar-refractivity contribution in [2.24, 2.45) is 18.9 Å². The van der Waals surface area contributed by atoms with E-state index in [4.69, 9.17) is 5.11 Å². The zero-order valence-corrected chi connectivity index (χ0v) is 10.7. The molecular formula is C12H15N3O4. The second-order valence-electron chi connectivity index (χ2n) is 4.78. The molecular weight excluding hydrogens is 250 g/mol. The average molecular weight is 265 g/mol. The fourth-order valence-corrected chi connectivity index (χ4v) is 1.97. The van der Waals surface area contributed by atoms with E-state index in [1.807, 2.05) is 0 Å². The van der Waals surface area contributed by atoms with Crippen LogP contribution in [-0.2, 0) is 11.8 Å². The van der Waals surface area contributed by atoms with E-state index in [0.717, 1.165) is 4.68 Å². The number of aryl methyl sites for hydroxylation is 1. The van der Waals surface area contributed by atoms with Crippen molar-refractivity contribution in [3.8, 4) is 0 Å². The summed E-state index contributed by atoms with van der Waals surface area (Å²) in [5.74, 6) is -1.60. The number of aromatic nitrogens is 2. The van der Waals surface area contributed by atoms with Gasteiger partial charge in [0, 0.05) is 32.1 Å². The van der Waals surface area contributed by atoms with E-state index in [-0.39, 0.29) is 23.1 Å². The molecule has 1 unspecified atom stereocenters. The second kappa shape index (κ2) is 4.83. The van der Waals surface area contributed by atoms with Gasteiger partial charge in [0.25, 0.3) is 11.5 Å². The van der Waals surface area contributed by atoms with Crippen molar-refractivity contribution in [3.63, 3.8) is 0 Å². The van der Waals surface area contributed by atoms with E-state index in [2.05, 4.69) is 5.10 Å². The molecule has 1 aromatic heterocycles. The summed E-state index contributed by atoms with van der Waals surface area (Å²) in [4.78, 5) is 35.5. The first kappa shape index (κ1) is 13.3. The van der Waals surface area contributed by atoms with Crippen LogP contribution in [0.3, 0.4) is 0 Å². The van der Waals surface area contributed by atoms with Crippen molar-refractivity contribution in [1.29, 1.82) is 0 Å². The van der Waals surface area contributed by atoms with E-state index in [1.54, 1.807) is 6.92 Å². The minimum Gasteiger partial charge on any atom is -0.481 e. The first-order chi connectivity index (χ1) is 8.90. The number of amides is 1. The van der Waals surface area contributed by atoms with Crippen molar-refractivity contribution >= 4 is 11.9 Å². The summed E-state index contributed by atoms with van der Waals surface area (Å²) in [7, 11) is 1.48. The van der Waals surface area contributed by atoms with Gasteiger partial charge in [0.05, 0.1) is 5.92 Å². The second-order valence-corrected chi connectivity index (χ2v) is 4.78. The summed E-state index contributed by atoms with van der Waals surface area (Å²) in [6, 6.07) is 2.68. The van der Waals surface area contributed by atoms with Crippen molar-refractivity contribution in [2.75, 3.05) is 13.1 Å². The fraction of sp³-hybridized carbons (Fsp3) is 0.500.